The maximum atomic E-state index is 6.17. The van der Waals surface area contributed by atoms with E-state index < -0.39 is 0 Å². The molecule has 1 aliphatic rings. The maximum Gasteiger partial charge on any atom is 0.0795 e. The highest BCUT2D eigenvalue weighted by Crippen LogP contribution is 2.32. The molecule has 0 saturated heterocycles. The van der Waals surface area contributed by atoms with Crippen LogP contribution in [0.25, 0.3) is 0 Å². The predicted molar refractivity (Wildman–Crippen MR) is 83.8 cm³/mol. The van der Waals surface area contributed by atoms with Gasteiger partial charge in [0.1, 0.15) is 0 Å². The van der Waals surface area contributed by atoms with Gasteiger partial charge in [0.2, 0.25) is 0 Å². The van der Waals surface area contributed by atoms with Gasteiger partial charge in [-0.05, 0) is 37.4 Å². The summed E-state index contributed by atoms with van der Waals surface area (Å²) < 4.78 is 0. The Hall–Kier alpha value is -1.23. The van der Waals surface area contributed by atoms with Gasteiger partial charge in [-0.15, -0.1) is 11.3 Å². The van der Waals surface area contributed by atoms with Crippen LogP contribution in [-0.4, -0.2) is 29.0 Å². The lowest BCUT2D eigenvalue weighted by atomic mass is 9.77. The second-order valence-corrected chi connectivity index (χ2v) is 6.43. The Morgan fingerprint density at radius 2 is 2.15 bits per heavy atom. The van der Waals surface area contributed by atoms with E-state index in [4.69, 9.17) is 5.73 Å². The van der Waals surface area contributed by atoms with Crippen molar-refractivity contribution in [2.45, 2.75) is 31.3 Å². The molecule has 1 aliphatic carbocycles. The minimum atomic E-state index is 0.0674. The number of hydrogen-bond donors (Lipinski definition) is 1. The third-order valence-electron chi connectivity index (χ3n) is 4.57. The quantitative estimate of drug-likeness (QED) is 0.939. The zero-order valence-electron chi connectivity index (χ0n) is 11.9. The van der Waals surface area contributed by atoms with Gasteiger partial charge in [0, 0.05) is 24.0 Å². The topological polar surface area (TPSA) is 42.2 Å². The largest absolute Gasteiger partial charge is 0.329 e. The average Bonchev–Trinajstić information content (AvgIpc) is 2.99. The number of aryl methyl sites for hydroxylation is 1. The van der Waals surface area contributed by atoms with Crippen molar-refractivity contribution in [1.82, 2.24) is 9.88 Å². The number of aromatic nitrogens is 1. The van der Waals surface area contributed by atoms with E-state index in [2.05, 4.69) is 46.6 Å². The van der Waals surface area contributed by atoms with Crippen molar-refractivity contribution in [2.24, 2.45) is 5.73 Å². The lowest BCUT2D eigenvalue weighted by Crippen LogP contribution is -2.55. The lowest BCUT2D eigenvalue weighted by molar-refractivity contribution is 0.0999. The van der Waals surface area contributed by atoms with Crippen molar-refractivity contribution >= 4 is 11.3 Å². The summed E-state index contributed by atoms with van der Waals surface area (Å²) in [6.07, 6.45) is 3.29. The van der Waals surface area contributed by atoms with E-state index in [1.807, 2.05) is 5.51 Å². The monoisotopic (exact) mass is 287 g/mol. The van der Waals surface area contributed by atoms with Gasteiger partial charge in [-0.3, -0.25) is 4.90 Å². The summed E-state index contributed by atoms with van der Waals surface area (Å²) in [6, 6.07) is 8.75. The molecule has 106 valence electrons. The van der Waals surface area contributed by atoms with E-state index in [0.29, 0.717) is 6.54 Å². The van der Waals surface area contributed by atoms with Gasteiger partial charge in [-0.25, -0.2) is 4.98 Å². The molecule has 0 bridgehead atoms. The number of rotatable bonds is 4. The number of likely N-dealkylation sites (N-methyl/N-ethyl adjacent to an activating group) is 1. The van der Waals surface area contributed by atoms with Gasteiger partial charge in [0.15, 0.2) is 0 Å². The number of hydrogen-bond acceptors (Lipinski definition) is 4. The lowest BCUT2D eigenvalue weighted by Gasteiger charge is -2.44. The predicted octanol–water partition coefficient (Wildman–Crippen LogP) is 2.46. The van der Waals surface area contributed by atoms with E-state index in [-0.39, 0.29) is 5.54 Å². The van der Waals surface area contributed by atoms with E-state index in [9.17, 15) is 0 Å². The summed E-state index contributed by atoms with van der Waals surface area (Å²) in [5, 5.41) is 2.12. The molecule has 3 nitrogen and oxygen atoms in total. The molecule has 2 N–H and O–H groups in total. The van der Waals surface area contributed by atoms with Crippen LogP contribution in [0.1, 0.15) is 23.2 Å². The normalized spacial score (nSPS) is 21.9. The summed E-state index contributed by atoms with van der Waals surface area (Å²) in [4.78, 5) is 6.80. The number of nitrogens with two attached hydrogens (primary N) is 1. The van der Waals surface area contributed by atoms with Gasteiger partial charge in [-0.1, -0.05) is 24.3 Å². The fraction of sp³-hybridized carbons (Fsp3) is 0.438. The van der Waals surface area contributed by atoms with Crippen LogP contribution in [0.3, 0.4) is 0 Å². The number of thiazole rings is 1. The fourth-order valence-electron chi connectivity index (χ4n) is 3.17. The summed E-state index contributed by atoms with van der Waals surface area (Å²) in [5.41, 5.74) is 12.2. The molecule has 1 aromatic heterocycles. The first-order valence-electron chi connectivity index (χ1n) is 7.09. The molecule has 2 aromatic rings. The van der Waals surface area contributed by atoms with Crippen LogP contribution in [0.4, 0.5) is 0 Å². The second kappa shape index (κ2) is 5.64. The van der Waals surface area contributed by atoms with Crippen molar-refractivity contribution < 1.29 is 0 Å². The highest BCUT2D eigenvalue weighted by atomic mass is 32.1. The van der Waals surface area contributed by atoms with Crippen LogP contribution < -0.4 is 5.73 Å². The Morgan fingerprint density at radius 3 is 2.85 bits per heavy atom. The van der Waals surface area contributed by atoms with Crippen molar-refractivity contribution in [1.29, 1.82) is 0 Å². The minimum Gasteiger partial charge on any atom is -0.329 e. The average molecular weight is 287 g/mol. The molecule has 1 aromatic carbocycles. The molecular formula is C16H21N3S. The first-order chi connectivity index (χ1) is 9.73. The Kier molecular flexibility index (Phi) is 3.87. The number of fused-ring (bicyclic) bond motifs is 1. The molecule has 4 heteroatoms. The first-order valence-corrected chi connectivity index (χ1v) is 8.03. The molecule has 0 saturated carbocycles. The molecule has 0 amide bonds. The van der Waals surface area contributed by atoms with Crippen LogP contribution in [0.5, 0.6) is 0 Å². The summed E-state index contributed by atoms with van der Waals surface area (Å²) >= 11 is 1.65. The third kappa shape index (κ3) is 2.51. The molecular weight excluding hydrogens is 266 g/mol. The zero-order chi connectivity index (χ0) is 14.0. The van der Waals surface area contributed by atoms with Crippen molar-refractivity contribution in [3.05, 3.63) is 52.0 Å². The smallest absolute Gasteiger partial charge is 0.0795 e. The van der Waals surface area contributed by atoms with E-state index in [0.717, 1.165) is 31.5 Å². The number of nitrogens with zero attached hydrogens (tertiary/aromatic N) is 2. The molecule has 1 heterocycles. The minimum absolute atomic E-state index is 0.0674. The second-order valence-electron chi connectivity index (χ2n) is 5.71. The van der Waals surface area contributed by atoms with Crippen molar-refractivity contribution in [2.75, 3.05) is 13.6 Å². The SMILES string of the molecule is CN(Cc1cscn1)C1(CN)CCc2ccccc2C1. The molecule has 1 unspecified atom stereocenters. The first kappa shape index (κ1) is 13.7. The van der Waals surface area contributed by atoms with Crippen LogP contribution in [-0.2, 0) is 19.4 Å². The highest BCUT2D eigenvalue weighted by Gasteiger charge is 2.36. The molecule has 0 spiro atoms. The van der Waals surface area contributed by atoms with Gasteiger partial charge >= 0.3 is 0 Å². The molecule has 0 fully saturated rings. The van der Waals surface area contributed by atoms with Crippen LogP contribution in [0, 0.1) is 0 Å². The Balaban J connectivity index is 1.82. The fourth-order valence-corrected chi connectivity index (χ4v) is 3.72. The van der Waals surface area contributed by atoms with Gasteiger partial charge in [0.05, 0.1) is 11.2 Å². The van der Waals surface area contributed by atoms with Crippen LogP contribution >= 0.6 is 11.3 Å². The molecule has 0 radical (unpaired) electrons. The third-order valence-corrected chi connectivity index (χ3v) is 5.21. The zero-order valence-corrected chi connectivity index (χ0v) is 12.7. The van der Waals surface area contributed by atoms with E-state index in [1.54, 1.807) is 11.3 Å². The Labute approximate surface area is 124 Å². The highest BCUT2D eigenvalue weighted by molar-refractivity contribution is 7.07. The summed E-state index contributed by atoms with van der Waals surface area (Å²) in [6.45, 7) is 1.57. The van der Waals surface area contributed by atoms with Gasteiger partial charge in [-0.2, -0.15) is 0 Å². The van der Waals surface area contributed by atoms with Crippen molar-refractivity contribution in [3.8, 4) is 0 Å². The standard InChI is InChI=1S/C16H21N3S/c1-19(9-15-10-20-12-18-15)16(11-17)7-6-13-4-2-3-5-14(13)8-16/h2-5,10,12H,6-9,11,17H2,1H3. The Bertz CT molecular complexity index is 567. The van der Waals surface area contributed by atoms with Crippen molar-refractivity contribution in [3.63, 3.8) is 0 Å². The van der Waals surface area contributed by atoms with Gasteiger partial charge in [0.25, 0.3) is 0 Å². The number of benzene rings is 1. The van der Waals surface area contributed by atoms with Crippen LogP contribution in [0.15, 0.2) is 35.2 Å². The molecule has 3 rings (SSSR count). The maximum absolute atomic E-state index is 6.17. The Morgan fingerprint density at radius 1 is 1.35 bits per heavy atom. The molecule has 20 heavy (non-hydrogen) atoms. The van der Waals surface area contributed by atoms with Gasteiger partial charge < -0.3 is 5.73 Å². The molecule has 1 atom stereocenters. The van der Waals surface area contributed by atoms with E-state index >= 15 is 0 Å². The summed E-state index contributed by atoms with van der Waals surface area (Å²) in [7, 11) is 2.18. The van der Waals surface area contributed by atoms with E-state index in [1.165, 1.54) is 11.1 Å². The summed E-state index contributed by atoms with van der Waals surface area (Å²) in [5.74, 6) is 0. The van der Waals surface area contributed by atoms with Crippen LogP contribution in [0.2, 0.25) is 0 Å². The molecule has 0 aliphatic heterocycles.